The van der Waals surface area contributed by atoms with Gasteiger partial charge in [-0.1, -0.05) is 13.3 Å². The van der Waals surface area contributed by atoms with E-state index in [1.54, 1.807) is 0 Å². The van der Waals surface area contributed by atoms with Gasteiger partial charge in [0.1, 0.15) is 12.4 Å². The second-order valence-corrected chi connectivity index (χ2v) is 4.64. The van der Waals surface area contributed by atoms with Crippen molar-refractivity contribution in [3.8, 4) is 5.75 Å². The highest BCUT2D eigenvalue weighted by Gasteiger charge is 2.16. The first kappa shape index (κ1) is 14.0. The van der Waals surface area contributed by atoms with Gasteiger partial charge in [-0.25, -0.2) is 4.79 Å². The predicted octanol–water partition coefficient (Wildman–Crippen LogP) is 2.81. The van der Waals surface area contributed by atoms with Crippen molar-refractivity contribution >= 4 is 17.3 Å². The molecule has 0 radical (unpaired) electrons. The van der Waals surface area contributed by atoms with Crippen LogP contribution in [-0.4, -0.2) is 30.9 Å². The van der Waals surface area contributed by atoms with Crippen molar-refractivity contribution < 1.29 is 19.4 Å². The zero-order chi connectivity index (χ0) is 12.7. The summed E-state index contributed by atoms with van der Waals surface area (Å²) in [6, 6.07) is 1.82. The number of carboxylic acid groups (broad SMARTS) is 1. The van der Waals surface area contributed by atoms with Crippen LogP contribution in [0, 0.1) is 0 Å². The maximum absolute atomic E-state index is 11.0. The molecule has 4 nitrogen and oxygen atoms in total. The van der Waals surface area contributed by atoms with Gasteiger partial charge >= 0.3 is 5.97 Å². The molecule has 0 saturated heterocycles. The molecule has 0 saturated carbocycles. The van der Waals surface area contributed by atoms with E-state index in [4.69, 9.17) is 14.6 Å². The first-order valence-electron chi connectivity index (χ1n) is 5.75. The topological polar surface area (TPSA) is 55.8 Å². The summed E-state index contributed by atoms with van der Waals surface area (Å²) in [6.07, 6.45) is 1.89. The quantitative estimate of drug-likeness (QED) is 0.728. The molecule has 0 amide bonds. The van der Waals surface area contributed by atoms with Crippen LogP contribution >= 0.6 is 11.3 Å². The van der Waals surface area contributed by atoms with Gasteiger partial charge in [-0.3, -0.25) is 0 Å². The first-order chi connectivity index (χ1) is 8.19. The van der Waals surface area contributed by atoms with E-state index in [9.17, 15) is 4.79 Å². The van der Waals surface area contributed by atoms with Crippen LogP contribution < -0.4 is 4.74 Å². The minimum atomic E-state index is -0.927. The standard InChI is InChI=1S/C12H18O4S/c1-3-5-9-8-10(11(17-9)12(13)14)16-7-6-15-4-2/h8H,3-7H2,1-2H3,(H,13,14). The smallest absolute Gasteiger partial charge is 0.349 e. The lowest BCUT2D eigenvalue weighted by atomic mass is 10.3. The van der Waals surface area contributed by atoms with E-state index in [1.807, 2.05) is 13.0 Å². The van der Waals surface area contributed by atoms with Gasteiger partial charge in [0.15, 0.2) is 4.88 Å². The fraction of sp³-hybridized carbons (Fsp3) is 0.583. The zero-order valence-electron chi connectivity index (χ0n) is 10.2. The largest absolute Gasteiger partial charge is 0.489 e. The Bertz CT molecular complexity index is 359. The fourth-order valence-corrected chi connectivity index (χ4v) is 2.44. The van der Waals surface area contributed by atoms with Gasteiger partial charge in [-0.2, -0.15) is 0 Å². The normalized spacial score (nSPS) is 10.5. The third-order valence-corrected chi connectivity index (χ3v) is 3.29. The molecule has 17 heavy (non-hydrogen) atoms. The van der Waals surface area contributed by atoms with Crippen LogP contribution in [0.1, 0.15) is 34.8 Å². The predicted molar refractivity (Wildman–Crippen MR) is 67.3 cm³/mol. The summed E-state index contributed by atoms with van der Waals surface area (Å²) >= 11 is 1.29. The van der Waals surface area contributed by atoms with Crippen molar-refractivity contribution in [3.63, 3.8) is 0 Å². The van der Waals surface area contributed by atoms with Gasteiger partial charge in [-0.05, 0) is 19.4 Å². The summed E-state index contributed by atoms with van der Waals surface area (Å²) < 4.78 is 10.6. The lowest BCUT2D eigenvalue weighted by Gasteiger charge is -2.04. The maximum atomic E-state index is 11.0. The average molecular weight is 258 g/mol. The Kier molecular flexibility index (Phi) is 6.00. The highest BCUT2D eigenvalue weighted by Crippen LogP contribution is 2.30. The van der Waals surface area contributed by atoms with E-state index in [0.717, 1.165) is 17.7 Å². The molecular formula is C12H18O4S. The van der Waals surface area contributed by atoms with E-state index in [0.29, 0.717) is 25.6 Å². The van der Waals surface area contributed by atoms with E-state index in [2.05, 4.69) is 6.92 Å². The number of aromatic carboxylic acids is 1. The van der Waals surface area contributed by atoms with E-state index >= 15 is 0 Å². The Labute approximate surface area is 105 Å². The number of rotatable bonds is 8. The Morgan fingerprint density at radius 3 is 2.76 bits per heavy atom. The number of thiophene rings is 1. The molecule has 1 heterocycles. The van der Waals surface area contributed by atoms with Crippen LogP contribution in [0.5, 0.6) is 5.75 Å². The van der Waals surface area contributed by atoms with Crippen LogP contribution in [0.25, 0.3) is 0 Å². The molecule has 0 unspecified atom stereocenters. The third kappa shape index (κ3) is 4.36. The molecule has 96 valence electrons. The summed E-state index contributed by atoms with van der Waals surface area (Å²) in [7, 11) is 0. The summed E-state index contributed by atoms with van der Waals surface area (Å²) in [5, 5.41) is 9.05. The highest BCUT2D eigenvalue weighted by molar-refractivity contribution is 7.14. The third-order valence-electron chi connectivity index (χ3n) is 2.13. The van der Waals surface area contributed by atoms with Crippen molar-refractivity contribution in [2.75, 3.05) is 19.8 Å². The molecule has 0 aliphatic rings. The summed E-state index contributed by atoms with van der Waals surface area (Å²) in [5.74, 6) is -0.464. The average Bonchev–Trinajstić information content (AvgIpc) is 2.68. The Morgan fingerprint density at radius 2 is 2.18 bits per heavy atom. The van der Waals surface area contributed by atoms with E-state index in [-0.39, 0.29) is 4.88 Å². The number of hydrogen-bond donors (Lipinski definition) is 1. The number of hydrogen-bond acceptors (Lipinski definition) is 4. The summed E-state index contributed by atoms with van der Waals surface area (Å²) in [5.41, 5.74) is 0. The fourth-order valence-electron chi connectivity index (χ4n) is 1.40. The van der Waals surface area contributed by atoms with Gasteiger partial charge in [0, 0.05) is 11.5 Å². The maximum Gasteiger partial charge on any atom is 0.349 e. The molecule has 0 bridgehead atoms. The van der Waals surface area contributed by atoms with Crippen LogP contribution in [0.15, 0.2) is 6.07 Å². The number of carboxylic acids is 1. The molecule has 0 aliphatic carbocycles. The van der Waals surface area contributed by atoms with E-state index < -0.39 is 5.97 Å². The highest BCUT2D eigenvalue weighted by atomic mass is 32.1. The molecule has 1 aromatic rings. The van der Waals surface area contributed by atoms with Crippen LogP contribution in [0.2, 0.25) is 0 Å². The molecule has 5 heteroatoms. The molecular weight excluding hydrogens is 240 g/mol. The van der Waals surface area contributed by atoms with Gasteiger partial charge in [-0.15, -0.1) is 11.3 Å². The molecule has 0 fully saturated rings. The van der Waals surface area contributed by atoms with Crippen LogP contribution in [-0.2, 0) is 11.2 Å². The minimum absolute atomic E-state index is 0.282. The molecule has 1 N–H and O–H groups in total. The Hall–Kier alpha value is -1.07. The van der Waals surface area contributed by atoms with Gasteiger partial charge in [0.05, 0.1) is 6.61 Å². The molecule has 0 spiro atoms. The molecule has 0 aromatic carbocycles. The van der Waals surface area contributed by atoms with Crippen molar-refractivity contribution in [1.29, 1.82) is 0 Å². The first-order valence-corrected chi connectivity index (χ1v) is 6.57. The summed E-state index contributed by atoms with van der Waals surface area (Å²) in [4.78, 5) is 12.4. The van der Waals surface area contributed by atoms with Crippen LogP contribution in [0.3, 0.4) is 0 Å². The zero-order valence-corrected chi connectivity index (χ0v) is 11.0. The van der Waals surface area contributed by atoms with Gasteiger partial charge in [0.2, 0.25) is 0 Å². The number of ether oxygens (including phenoxy) is 2. The lowest BCUT2D eigenvalue weighted by molar-refractivity contribution is 0.0693. The number of carbonyl (C=O) groups is 1. The molecule has 1 aromatic heterocycles. The number of aryl methyl sites for hydroxylation is 1. The minimum Gasteiger partial charge on any atom is -0.489 e. The van der Waals surface area contributed by atoms with Crippen molar-refractivity contribution in [2.24, 2.45) is 0 Å². The second-order valence-electron chi connectivity index (χ2n) is 3.51. The van der Waals surface area contributed by atoms with Crippen molar-refractivity contribution in [3.05, 3.63) is 15.8 Å². The molecule has 0 atom stereocenters. The van der Waals surface area contributed by atoms with E-state index in [1.165, 1.54) is 11.3 Å². The van der Waals surface area contributed by atoms with Crippen molar-refractivity contribution in [1.82, 2.24) is 0 Å². The van der Waals surface area contributed by atoms with Gasteiger partial charge in [0.25, 0.3) is 0 Å². The lowest BCUT2D eigenvalue weighted by Crippen LogP contribution is -2.07. The Morgan fingerprint density at radius 1 is 1.41 bits per heavy atom. The monoisotopic (exact) mass is 258 g/mol. The van der Waals surface area contributed by atoms with Crippen LogP contribution in [0.4, 0.5) is 0 Å². The Balaban J connectivity index is 2.64. The van der Waals surface area contributed by atoms with Crippen molar-refractivity contribution in [2.45, 2.75) is 26.7 Å². The molecule has 0 aliphatic heterocycles. The summed E-state index contributed by atoms with van der Waals surface area (Å²) in [6.45, 7) is 5.48. The SMILES string of the molecule is CCCc1cc(OCCOCC)c(C(=O)O)s1. The van der Waals surface area contributed by atoms with Gasteiger partial charge < -0.3 is 14.6 Å². The second kappa shape index (κ2) is 7.29. The molecule has 1 rings (SSSR count).